The van der Waals surface area contributed by atoms with Crippen LogP contribution >= 0.6 is 11.3 Å². The van der Waals surface area contributed by atoms with Crippen LogP contribution in [0, 0.1) is 11.3 Å². The Hall–Kier alpha value is -1.91. The van der Waals surface area contributed by atoms with E-state index >= 15 is 0 Å². The van der Waals surface area contributed by atoms with Gasteiger partial charge in [-0.2, -0.15) is 5.26 Å². The van der Waals surface area contributed by atoms with Gasteiger partial charge in [-0.25, -0.2) is 0 Å². The summed E-state index contributed by atoms with van der Waals surface area (Å²) in [6, 6.07) is 1.81. The summed E-state index contributed by atoms with van der Waals surface area (Å²) in [5.74, 6) is -0.246. The molecule has 0 aromatic carbocycles. The van der Waals surface area contributed by atoms with Crippen LogP contribution in [0.3, 0.4) is 0 Å². The molecule has 1 aliphatic rings. The molecule has 136 valence electrons. The van der Waals surface area contributed by atoms with Gasteiger partial charge in [0.1, 0.15) is 11.1 Å². The quantitative estimate of drug-likeness (QED) is 0.815. The minimum atomic E-state index is -0.461. The molecule has 1 N–H and O–H groups in total. The number of thiophene rings is 1. The van der Waals surface area contributed by atoms with E-state index in [1.165, 1.54) is 27.5 Å². The van der Waals surface area contributed by atoms with Crippen LogP contribution in [0.25, 0.3) is 0 Å². The molecule has 6 nitrogen and oxygen atoms in total. The van der Waals surface area contributed by atoms with Crippen molar-refractivity contribution >= 4 is 28.2 Å². The molecule has 2 rings (SSSR count). The van der Waals surface area contributed by atoms with E-state index in [2.05, 4.69) is 11.4 Å². The Morgan fingerprint density at radius 1 is 1.24 bits per heavy atom. The summed E-state index contributed by atoms with van der Waals surface area (Å²) in [6.07, 6.45) is 5.32. The largest absolute Gasteiger partial charge is 0.348 e. The molecular weight excluding hydrogens is 336 g/mol. The van der Waals surface area contributed by atoms with Crippen molar-refractivity contribution in [1.29, 1.82) is 5.26 Å². The highest BCUT2D eigenvalue weighted by atomic mass is 32.1. The number of nitrogens with one attached hydrogen (secondary N) is 1. The van der Waals surface area contributed by atoms with Crippen molar-refractivity contribution < 1.29 is 9.59 Å². The van der Waals surface area contributed by atoms with E-state index in [9.17, 15) is 14.9 Å². The van der Waals surface area contributed by atoms with Crippen LogP contribution in [0.1, 0.15) is 42.2 Å². The Morgan fingerprint density at radius 2 is 1.92 bits per heavy atom. The zero-order valence-corrected chi connectivity index (χ0v) is 16.2. The summed E-state index contributed by atoms with van der Waals surface area (Å²) in [4.78, 5) is 28.8. The van der Waals surface area contributed by atoms with E-state index in [0.29, 0.717) is 10.6 Å². The fourth-order valence-electron chi connectivity index (χ4n) is 2.86. The van der Waals surface area contributed by atoms with Crippen molar-refractivity contribution in [3.63, 3.8) is 0 Å². The third-order valence-corrected chi connectivity index (χ3v) is 5.90. The van der Waals surface area contributed by atoms with E-state index in [1.54, 1.807) is 33.0 Å². The Balaban J connectivity index is 2.10. The molecule has 0 saturated carbocycles. The number of amides is 2. The molecular formula is C18H26N4O2S. The minimum absolute atomic E-state index is 0.0531. The second kappa shape index (κ2) is 8.45. The van der Waals surface area contributed by atoms with Gasteiger partial charge < -0.3 is 10.2 Å². The number of rotatable bonds is 5. The number of nitrogens with zero attached hydrogens (tertiary/aromatic N) is 3. The second-order valence-electron chi connectivity index (χ2n) is 6.75. The van der Waals surface area contributed by atoms with E-state index in [0.717, 1.165) is 31.2 Å². The van der Waals surface area contributed by atoms with Gasteiger partial charge in [-0.1, -0.05) is 6.42 Å². The molecule has 25 heavy (non-hydrogen) atoms. The maximum absolute atomic E-state index is 12.6. The van der Waals surface area contributed by atoms with Crippen LogP contribution in [-0.2, 0) is 22.4 Å². The molecule has 0 fully saturated rings. The molecule has 1 aromatic rings. The Morgan fingerprint density at radius 3 is 2.56 bits per heavy atom. The fraction of sp³-hybridized carbons (Fsp3) is 0.611. The summed E-state index contributed by atoms with van der Waals surface area (Å²) in [5, 5.41) is 13.1. The molecule has 1 atom stereocenters. The Labute approximate surface area is 153 Å². The van der Waals surface area contributed by atoms with Crippen molar-refractivity contribution in [2.45, 2.75) is 45.1 Å². The highest BCUT2D eigenvalue weighted by Crippen LogP contribution is 2.37. The molecule has 0 bridgehead atoms. The highest BCUT2D eigenvalue weighted by Gasteiger charge is 2.25. The number of likely N-dealkylation sites (N-methyl/N-ethyl adjacent to an activating group) is 2. The van der Waals surface area contributed by atoms with Gasteiger partial charge in [0.2, 0.25) is 11.8 Å². The zero-order chi connectivity index (χ0) is 18.6. The van der Waals surface area contributed by atoms with Crippen molar-refractivity contribution in [2.24, 2.45) is 0 Å². The van der Waals surface area contributed by atoms with Crippen LogP contribution in [0.2, 0.25) is 0 Å². The van der Waals surface area contributed by atoms with Crippen molar-refractivity contribution in [3.8, 4) is 6.07 Å². The van der Waals surface area contributed by atoms with E-state index < -0.39 is 6.04 Å². The Kier molecular flexibility index (Phi) is 6.57. The molecule has 2 amide bonds. The number of fused-ring (bicyclic) bond motifs is 1. The summed E-state index contributed by atoms with van der Waals surface area (Å²) < 4.78 is 0. The third-order valence-electron chi connectivity index (χ3n) is 4.69. The highest BCUT2D eigenvalue weighted by molar-refractivity contribution is 7.16. The number of aryl methyl sites for hydroxylation is 1. The average molecular weight is 362 g/mol. The van der Waals surface area contributed by atoms with Gasteiger partial charge in [0.15, 0.2) is 0 Å². The summed E-state index contributed by atoms with van der Waals surface area (Å²) >= 11 is 1.53. The number of anilines is 1. The molecule has 1 heterocycles. The van der Waals surface area contributed by atoms with E-state index in [4.69, 9.17) is 0 Å². The number of nitriles is 1. The van der Waals surface area contributed by atoms with Gasteiger partial charge >= 0.3 is 0 Å². The lowest BCUT2D eigenvalue weighted by Crippen LogP contribution is -2.44. The molecule has 0 saturated heterocycles. The van der Waals surface area contributed by atoms with Gasteiger partial charge in [0.25, 0.3) is 0 Å². The Bertz CT molecular complexity index is 690. The SMILES string of the molecule is CC(C(=O)Nc1sc2c(c1C#N)CCCCC2)N(C)CC(=O)N(C)C. The maximum Gasteiger partial charge on any atom is 0.242 e. The predicted molar refractivity (Wildman–Crippen MR) is 99.7 cm³/mol. The standard InChI is InChI=1S/C18H26N4O2S/c1-12(22(4)11-16(23)21(2)3)17(24)20-18-14(10-19)13-8-6-5-7-9-15(13)25-18/h12H,5-9,11H2,1-4H3,(H,20,24). The first-order valence-electron chi connectivity index (χ1n) is 8.61. The van der Waals surface area contributed by atoms with Crippen LogP contribution in [0.15, 0.2) is 0 Å². The third kappa shape index (κ3) is 4.59. The molecule has 1 unspecified atom stereocenters. The summed E-state index contributed by atoms with van der Waals surface area (Å²) in [5.41, 5.74) is 1.73. The van der Waals surface area contributed by atoms with Gasteiger partial charge in [-0.3, -0.25) is 14.5 Å². The zero-order valence-electron chi connectivity index (χ0n) is 15.4. The molecule has 1 aromatic heterocycles. The predicted octanol–water partition coefficient (Wildman–Crippen LogP) is 2.24. The van der Waals surface area contributed by atoms with Gasteiger partial charge in [-0.15, -0.1) is 11.3 Å². The summed E-state index contributed by atoms with van der Waals surface area (Å²) in [6.45, 7) is 1.94. The van der Waals surface area contributed by atoms with Crippen molar-refractivity contribution in [3.05, 3.63) is 16.0 Å². The lowest BCUT2D eigenvalue weighted by atomic mass is 10.1. The van der Waals surface area contributed by atoms with Crippen LogP contribution < -0.4 is 5.32 Å². The molecule has 0 radical (unpaired) electrons. The van der Waals surface area contributed by atoms with Crippen LogP contribution in [-0.4, -0.2) is 55.3 Å². The van der Waals surface area contributed by atoms with Gasteiger partial charge in [0, 0.05) is 19.0 Å². The molecule has 0 aliphatic heterocycles. The average Bonchev–Trinajstić information content (AvgIpc) is 2.73. The lowest BCUT2D eigenvalue weighted by molar-refractivity contribution is -0.131. The topological polar surface area (TPSA) is 76.4 Å². The number of carbonyl (C=O) groups excluding carboxylic acids is 2. The maximum atomic E-state index is 12.6. The van der Waals surface area contributed by atoms with E-state index in [1.807, 2.05) is 0 Å². The lowest BCUT2D eigenvalue weighted by Gasteiger charge is -2.24. The smallest absolute Gasteiger partial charge is 0.242 e. The number of carbonyl (C=O) groups is 2. The van der Waals surface area contributed by atoms with Crippen LogP contribution in [0.4, 0.5) is 5.00 Å². The number of hydrogen-bond acceptors (Lipinski definition) is 5. The van der Waals surface area contributed by atoms with Gasteiger partial charge in [0.05, 0.1) is 18.2 Å². The van der Waals surface area contributed by atoms with Gasteiger partial charge in [-0.05, 0) is 45.2 Å². The minimum Gasteiger partial charge on any atom is -0.348 e. The first-order valence-corrected chi connectivity index (χ1v) is 9.42. The fourth-order valence-corrected chi connectivity index (χ4v) is 4.10. The van der Waals surface area contributed by atoms with E-state index in [-0.39, 0.29) is 18.4 Å². The summed E-state index contributed by atoms with van der Waals surface area (Å²) in [7, 11) is 5.14. The van der Waals surface area contributed by atoms with Crippen molar-refractivity contribution in [1.82, 2.24) is 9.80 Å². The molecule has 0 spiro atoms. The van der Waals surface area contributed by atoms with Crippen LogP contribution in [0.5, 0.6) is 0 Å². The monoisotopic (exact) mass is 362 g/mol. The molecule has 7 heteroatoms. The first kappa shape index (κ1) is 19.4. The number of hydrogen-bond donors (Lipinski definition) is 1. The second-order valence-corrected chi connectivity index (χ2v) is 7.85. The molecule has 1 aliphatic carbocycles. The normalized spacial score (nSPS) is 15.0. The van der Waals surface area contributed by atoms with Crippen molar-refractivity contribution in [2.75, 3.05) is 33.0 Å². The first-order chi connectivity index (χ1) is 11.8.